The summed E-state index contributed by atoms with van der Waals surface area (Å²) >= 11 is 0. The highest BCUT2D eigenvalue weighted by Gasteiger charge is 2.54. The van der Waals surface area contributed by atoms with Gasteiger partial charge in [0.25, 0.3) is 5.91 Å². The van der Waals surface area contributed by atoms with E-state index in [1.807, 2.05) is 42.5 Å². The summed E-state index contributed by atoms with van der Waals surface area (Å²) < 4.78 is 23.2. The Kier molecular flexibility index (Phi) is 12.9. The van der Waals surface area contributed by atoms with Crippen LogP contribution in [0.2, 0.25) is 0 Å². The largest absolute Gasteiger partial charge is 0.497 e. The Morgan fingerprint density at radius 3 is 2.42 bits per heavy atom. The van der Waals surface area contributed by atoms with Gasteiger partial charge in [0, 0.05) is 52.6 Å². The number of methoxy groups -OCH3 is 2. The zero-order chi connectivity index (χ0) is 36.8. The molecule has 0 unspecified atom stereocenters. The Balaban J connectivity index is 1.56. The Bertz CT molecular complexity index is 1980. The second kappa shape index (κ2) is 18.1. The van der Waals surface area contributed by atoms with Crippen molar-refractivity contribution in [1.29, 1.82) is 0 Å². The standard InChI is InChI=1S/C37H39N9O6/c1-49-30-16-17-33(50-2)26(22-30)18-19-40-44-36(48)37(23-27-8-3-4-9-28(27)24-41-45-38)34(31-10-5-6-11-32(31)43-46-39)52-35(42-37)25-12-14-29(15-13-25)51-21-7-20-47/h3-6,8-17,22,34,40,47H,7,18-21,23-24H2,1-2H3,(H,44,48)/t34-,37-/m0/s1. The van der Waals surface area contributed by atoms with Crippen molar-refractivity contribution in [1.82, 2.24) is 10.9 Å². The van der Waals surface area contributed by atoms with E-state index >= 15 is 0 Å². The third kappa shape index (κ3) is 8.73. The highest BCUT2D eigenvalue weighted by Crippen LogP contribution is 2.45. The molecule has 0 radical (unpaired) electrons. The molecule has 4 aromatic rings. The number of aliphatic hydroxyl groups excluding tert-OH is 1. The molecule has 0 spiro atoms. The van der Waals surface area contributed by atoms with Crippen LogP contribution >= 0.6 is 0 Å². The fourth-order valence-corrected chi connectivity index (χ4v) is 5.92. The van der Waals surface area contributed by atoms with Crippen LogP contribution in [0.5, 0.6) is 17.2 Å². The van der Waals surface area contributed by atoms with Crippen LogP contribution in [-0.4, -0.2) is 56.4 Å². The Labute approximate surface area is 300 Å². The van der Waals surface area contributed by atoms with E-state index in [4.69, 9.17) is 34.6 Å². The van der Waals surface area contributed by atoms with Crippen molar-refractivity contribution in [3.63, 3.8) is 0 Å². The molecule has 5 rings (SSSR count). The van der Waals surface area contributed by atoms with Crippen LogP contribution in [0.25, 0.3) is 20.9 Å². The molecule has 1 aliphatic rings. The third-order valence-electron chi connectivity index (χ3n) is 8.49. The fraction of sp³-hybridized carbons (Fsp3) is 0.297. The van der Waals surface area contributed by atoms with Crippen molar-refractivity contribution in [2.45, 2.75) is 37.5 Å². The van der Waals surface area contributed by atoms with Crippen molar-refractivity contribution in [2.75, 3.05) is 34.0 Å². The van der Waals surface area contributed by atoms with Crippen LogP contribution in [0.4, 0.5) is 5.69 Å². The lowest BCUT2D eigenvalue weighted by atomic mass is 9.80. The third-order valence-corrected chi connectivity index (χ3v) is 8.49. The maximum Gasteiger partial charge on any atom is 0.266 e. The number of rotatable bonds is 18. The van der Waals surface area contributed by atoms with Gasteiger partial charge in [-0.3, -0.25) is 10.2 Å². The minimum absolute atomic E-state index is 0.0155. The molecule has 2 atom stereocenters. The molecule has 15 nitrogen and oxygen atoms in total. The van der Waals surface area contributed by atoms with E-state index in [-0.39, 0.29) is 31.2 Å². The van der Waals surface area contributed by atoms with Gasteiger partial charge in [0.15, 0.2) is 11.6 Å². The molecule has 0 bridgehead atoms. The first-order valence-electron chi connectivity index (χ1n) is 16.5. The molecule has 3 N–H and O–H groups in total. The van der Waals surface area contributed by atoms with Crippen LogP contribution in [0, 0.1) is 0 Å². The van der Waals surface area contributed by atoms with Gasteiger partial charge in [0.05, 0.1) is 27.4 Å². The number of nitrogens with zero attached hydrogens (tertiary/aromatic N) is 7. The Morgan fingerprint density at radius 2 is 1.69 bits per heavy atom. The summed E-state index contributed by atoms with van der Waals surface area (Å²) in [5.41, 5.74) is 26.4. The number of hydrogen-bond acceptors (Lipinski definition) is 10. The lowest BCUT2D eigenvalue weighted by Gasteiger charge is -2.32. The van der Waals surface area contributed by atoms with Gasteiger partial charge in [0.2, 0.25) is 5.90 Å². The number of hydrogen-bond donors (Lipinski definition) is 3. The van der Waals surface area contributed by atoms with Gasteiger partial charge in [-0.05, 0) is 76.6 Å². The smallest absolute Gasteiger partial charge is 0.266 e. The fourth-order valence-electron chi connectivity index (χ4n) is 5.92. The van der Waals surface area contributed by atoms with E-state index in [0.717, 1.165) is 5.56 Å². The molecule has 1 amide bonds. The van der Waals surface area contributed by atoms with Crippen molar-refractivity contribution in [2.24, 2.45) is 15.2 Å². The van der Waals surface area contributed by atoms with Crippen LogP contribution in [0.1, 0.15) is 40.3 Å². The minimum atomic E-state index is -1.65. The van der Waals surface area contributed by atoms with Crippen LogP contribution in [-0.2, 0) is 28.9 Å². The van der Waals surface area contributed by atoms with Crippen LogP contribution in [0.15, 0.2) is 106 Å². The number of hydrazine groups is 1. The average molecular weight is 706 g/mol. The molecule has 0 saturated carbocycles. The van der Waals surface area contributed by atoms with Gasteiger partial charge >= 0.3 is 0 Å². The minimum Gasteiger partial charge on any atom is -0.497 e. The summed E-state index contributed by atoms with van der Waals surface area (Å²) in [6.45, 7) is 0.747. The van der Waals surface area contributed by atoms with Gasteiger partial charge in [-0.25, -0.2) is 10.4 Å². The zero-order valence-corrected chi connectivity index (χ0v) is 28.8. The number of aliphatic imine (C=N–C) groups is 1. The first-order valence-corrected chi connectivity index (χ1v) is 16.5. The average Bonchev–Trinajstić information content (AvgIpc) is 3.56. The number of aliphatic hydroxyl groups is 1. The predicted octanol–water partition coefficient (Wildman–Crippen LogP) is 6.58. The first-order chi connectivity index (χ1) is 25.5. The van der Waals surface area contributed by atoms with Crippen molar-refractivity contribution >= 4 is 17.5 Å². The zero-order valence-electron chi connectivity index (χ0n) is 28.8. The highest BCUT2D eigenvalue weighted by atomic mass is 16.5. The summed E-state index contributed by atoms with van der Waals surface area (Å²) in [6.07, 6.45) is -0.0482. The topological polar surface area (TPSA) is 208 Å². The number of carbonyl (C=O) groups is 1. The quantitative estimate of drug-likeness (QED) is 0.0340. The second-order valence-electron chi connectivity index (χ2n) is 11.7. The van der Waals surface area contributed by atoms with Gasteiger partial charge in [0.1, 0.15) is 17.2 Å². The molecule has 0 fully saturated rings. The summed E-state index contributed by atoms with van der Waals surface area (Å²) in [7, 11) is 3.18. The van der Waals surface area contributed by atoms with Crippen molar-refractivity contribution in [3.8, 4) is 17.2 Å². The van der Waals surface area contributed by atoms with E-state index in [1.165, 1.54) is 0 Å². The molecule has 1 aliphatic heterocycles. The van der Waals surface area contributed by atoms with Gasteiger partial charge < -0.3 is 24.1 Å². The molecule has 1 heterocycles. The number of azide groups is 2. The van der Waals surface area contributed by atoms with Gasteiger partial charge in [-0.2, -0.15) is 0 Å². The van der Waals surface area contributed by atoms with Crippen molar-refractivity contribution < 1.29 is 28.8 Å². The molecule has 15 heteroatoms. The monoisotopic (exact) mass is 705 g/mol. The first kappa shape index (κ1) is 37.0. The summed E-state index contributed by atoms with van der Waals surface area (Å²) in [6, 6.07) is 26.8. The molecule has 0 aromatic heterocycles. The summed E-state index contributed by atoms with van der Waals surface area (Å²) in [5.74, 6) is 1.62. The van der Waals surface area contributed by atoms with E-state index in [1.54, 1.807) is 62.8 Å². The number of carbonyl (C=O) groups excluding carboxylic acids is 1. The van der Waals surface area contributed by atoms with Gasteiger partial charge in [-0.15, -0.1) is 0 Å². The highest BCUT2D eigenvalue weighted by molar-refractivity contribution is 6.01. The number of benzene rings is 4. The molecular weight excluding hydrogens is 666 g/mol. The Hall–Kier alpha value is -6.24. The second-order valence-corrected chi connectivity index (χ2v) is 11.7. The molecule has 0 aliphatic carbocycles. The summed E-state index contributed by atoms with van der Waals surface area (Å²) in [4.78, 5) is 25.7. The lowest BCUT2D eigenvalue weighted by Crippen LogP contribution is -2.54. The van der Waals surface area contributed by atoms with E-state index in [9.17, 15) is 10.3 Å². The lowest BCUT2D eigenvalue weighted by molar-refractivity contribution is -0.130. The maximum absolute atomic E-state index is 14.7. The van der Waals surface area contributed by atoms with E-state index < -0.39 is 17.6 Å². The maximum atomic E-state index is 14.7. The SMILES string of the molecule is COc1ccc(OC)c(CCNNC(=O)[C@@]2(Cc3ccccc3CN=[N+]=[N-])N=C(c3ccc(OCCCO)cc3)O[C@H]2c2ccccc2N=[N+]=[N-])c1. The van der Waals surface area contributed by atoms with Crippen LogP contribution < -0.4 is 25.1 Å². The normalized spacial score (nSPS) is 16.1. The molecule has 52 heavy (non-hydrogen) atoms. The number of amides is 1. The molecule has 268 valence electrons. The van der Waals surface area contributed by atoms with Crippen molar-refractivity contribution in [3.05, 3.63) is 140 Å². The molecular formula is C37H39N9O6. The molecule has 4 aromatic carbocycles. The molecule has 0 saturated heterocycles. The number of nitrogens with one attached hydrogen (secondary N) is 2. The number of ether oxygens (including phenoxy) is 4. The van der Waals surface area contributed by atoms with Gasteiger partial charge in [-0.1, -0.05) is 58.8 Å². The predicted molar refractivity (Wildman–Crippen MR) is 194 cm³/mol. The summed E-state index contributed by atoms with van der Waals surface area (Å²) in [5, 5.41) is 16.8. The Morgan fingerprint density at radius 1 is 0.942 bits per heavy atom. The van der Waals surface area contributed by atoms with Crippen LogP contribution in [0.3, 0.4) is 0 Å². The van der Waals surface area contributed by atoms with E-state index in [2.05, 4.69) is 30.9 Å². The van der Waals surface area contributed by atoms with E-state index in [0.29, 0.717) is 65.5 Å².